The first-order valence-electron chi connectivity index (χ1n) is 16.1. The highest BCUT2D eigenvalue weighted by molar-refractivity contribution is 5.87. The SMILES string of the molecule is C=C1/C(=C\C=C2/CCC[C@]3(C)[C@@H]([C@H](C)CC4CC(O)(CC)C(=O)N4CCc4ccccc4)CC[C@@H]23)C[C@@H](O)C[C@@H]1O. The molecule has 0 aromatic heterocycles. The summed E-state index contributed by atoms with van der Waals surface area (Å²) in [4.78, 5) is 15.4. The van der Waals surface area contributed by atoms with Crippen molar-refractivity contribution in [1.82, 2.24) is 4.90 Å². The average Bonchev–Trinajstić information content (AvgIpc) is 3.43. The van der Waals surface area contributed by atoms with E-state index in [0.717, 1.165) is 30.4 Å². The van der Waals surface area contributed by atoms with Gasteiger partial charge in [-0.15, -0.1) is 0 Å². The second kappa shape index (κ2) is 12.2. The first-order valence-corrected chi connectivity index (χ1v) is 16.1. The van der Waals surface area contributed by atoms with E-state index in [-0.39, 0.29) is 17.4 Å². The fourth-order valence-corrected chi connectivity index (χ4v) is 8.98. The maximum atomic E-state index is 13.4. The summed E-state index contributed by atoms with van der Waals surface area (Å²) in [5.41, 5.74) is 3.44. The van der Waals surface area contributed by atoms with Gasteiger partial charge < -0.3 is 20.2 Å². The minimum atomic E-state index is -1.23. The van der Waals surface area contributed by atoms with Gasteiger partial charge in [0.25, 0.3) is 5.91 Å². The van der Waals surface area contributed by atoms with Gasteiger partial charge in [-0.2, -0.15) is 0 Å². The van der Waals surface area contributed by atoms with Crippen LogP contribution in [0, 0.1) is 23.2 Å². The maximum absolute atomic E-state index is 13.4. The number of carbonyl (C=O) groups is 1. The summed E-state index contributed by atoms with van der Waals surface area (Å²) in [5, 5.41) is 31.7. The van der Waals surface area contributed by atoms with Gasteiger partial charge in [0.2, 0.25) is 0 Å². The molecule has 1 aliphatic heterocycles. The number of likely N-dealkylation sites (tertiary alicyclic amines) is 1. The molecule has 1 amide bonds. The highest BCUT2D eigenvalue weighted by Crippen LogP contribution is 2.60. The number of hydrogen-bond donors (Lipinski definition) is 3. The summed E-state index contributed by atoms with van der Waals surface area (Å²) in [7, 11) is 0. The smallest absolute Gasteiger partial charge is 0.254 e. The lowest BCUT2D eigenvalue weighted by Gasteiger charge is -2.45. The maximum Gasteiger partial charge on any atom is 0.254 e. The fourth-order valence-electron chi connectivity index (χ4n) is 8.98. The van der Waals surface area contributed by atoms with E-state index in [1.54, 1.807) is 0 Å². The van der Waals surface area contributed by atoms with Gasteiger partial charge in [-0.05, 0) is 97.7 Å². The van der Waals surface area contributed by atoms with Crippen LogP contribution in [0.1, 0.15) is 90.5 Å². The van der Waals surface area contributed by atoms with Crippen molar-refractivity contribution in [2.45, 2.75) is 115 Å². The normalized spacial score (nSPS) is 38.6. The summed E-state index contributed by atoms with van der Waals surface area (Å²) in [5.74, 6) is 1.50. The van der Waals surface area contributed by atoms with E-state index in [1.807, 2.05) is 30.0 Å². The number of benzene rings is 1. The average molecular weight is 562 g/mol. The van der Waals surface area contributed by atoms with Crippen LogP contribution in [0.2, 0.25) is 0 Å². The van der Waals surface area contributed by atoms with Crippen molar-refractivity contribution < 1.29 is 20.1 Å². The minimum absolute atomic E-state index is 0.0762. The zero-order chi connectivity index (χ0) is 29.4. The molecule has 5 heteroatoms. The van der Waals surface area contributed by atoms with E-state index < -0.39 is 17.8 Å². The molecule has 5 rings (SSSR count). The Bertz CT molecular complexity index is 1170. The molecule has 1 aromatic rings. The lowest BCUT2D eigenvalue weighted by atomic mass is 9.60. The predicted molar refractivity (Wildman–Crippen MR) is 164 cm³/mol. The Morgan fingerprint density at radius 3 is 2.66 bits per heavy atom. The van der Waals surface area contributed by atoms with Gasteiger partial charge in [0.05, 0.1) is 12.2 Å². The molecular weight excluding hydrogens is 510 g/mol. The molecule has 4 aliphatic rings. The molecule has 0 spiro atoms. The van der Waals surface area contributed by atoms with Crippen molar-refractivity contribution in [3.05, 3.63) is 71.3 Å². The molecule has 3 N–H and O–H groups in total. The van der Waals surface area contributed by atoms with E-state index in [2.05, 4.69) is 44.7 Å². The Morgan fingerprint density at radius 1 is 1.17 bits per heavy atom. The lowest BCUT2D eigenvalue weighted by molar-refractivity contribution is -0.144. The number of allylic oxidation sites excluding steroid dienone is 3. The van der Waals surface area contributed by atoms with Crippen LogP contribution in [0.5, 0.6) is 0 Å². The molecule has 224 valence electrons. The molecule has 1 heterocycles. The molecule has 3 aliphatic carbocycles. The van der Waals surface area contributed by atoms with Gasteiger partial charge in [-0.1, -0.05) is 75.4 Å². The molecule has 0 radical (unpaired) electrons. The molecule has 3 saturated carbocycles. The van der Waals surface area contributed by atoms with E-state index in [1.165, 1.54) is 36.8 Å². The number of amides is 1. The number of rotatable bonds is 8. The number of fused-ring (bicyclic) bond motifs is 1. The number of carbonyl (C=O) groups excluding carboxylic acids is 1. The standard InChI is InChI=1S/C36H51NO4/c1-5-36(41)23-29(37(34(36)40)19-17-26-10-7-6-8-11-26)20-24(2)31-15-16-32-27(12-9-18-35(31,32)4)13-14-28-21-30(38)22-33(39)25(28)3/h6-8,10-11,13-14,24,29-33,38-39,41H,3,5,9,12,15-23H2,1-2,4H3/b27-13+,28-14-/t24-,29?,30-,31-,32+,33+,35-,36?/m1/s1. The van der Waals surface area contributed by atoms with Crippen molar-refractivity contribution in [3.63, 3.8) is 0 Å². The Hall–Kier alpha value is -2.21. The third-order valence-electron chi connectivity index (χ3n) is 11.4. The Kier molecular flexibility index (Phi) is 8.99. The molecule has 2 unspecified atom stereocenters. The third kappa shape index (κ3) is 6.00. The number of aliphatic hydroxyl groups excluding tert-OH is 2. The van der Waals surface area contributed by atoms with Crippen LogP contribution in [0.25, 0.3) is 0 Å². The van der Waals surface area contributed by atoms with Gasteiger partial charge in [0.15, 0.2) is 0 Å². The topological polar surface area (TPSA) is 81.0 Å². The molecule has 41 heavy (non-hydrogen) atoms. The van der Waals surface area contributed by atoms with E-state index in [4.69, 9.17) is 0 Å². The quantitative estimate of drug-likeness (QED) is 0.356. The Balaban J connectivity index is 1.30. The Morgan fingerprint density at radius 2 is 1.93 bits per heavy atom. The third-order valence-corrected chi connectivity index (χ3v) is 11.4. The summed E-state index contributed by atoms with van der Waals surface area (Å²) >= 11 is 0. The zero-order valence-corrected chi connectivity index (χ0v) is 25.4. The fraction of sp³-hybridized carbons (Fsp3) is 0.639. The summed E-state index contributed by atoms with van der Waals surface area (Å²) in [6, 6.07) is 10.4. The molecule has 1 aromatic carbocycles. The predicted octanol–water partition coefficient (Wildman–Crippen LogP) is 6.14. The van der Waals surface area contributed by atoms with Crippen molar-refractivity contribution in [2.75, 3.05) is 6.54 Å². The first kappa shape index (κ1) is 30.3. The van der Waals surface area contributed by atoms with Gasteiger partial charge in [-0.25, -0.2) is 0 Å². The Labute approximate surface area is 247 Å². The summed E-state index contributed by atoms with van der Waals surface area (Å²) in [6.45, 7) is 11.6. The highest BCUT2D eigenvalue weighted by atomic mass is 16.3. The zero-order valence-electron chi connectivity index (χ0n) is 25.4. The van der Waals surface area contributed by atoms with Crippen molar-refractivity contribution in [2.24, 2.45) is 23.2 Å². The van der Waals surface area contributed by atoms with Gasteiger partial charge in [0.1, 0.15) is 5.60 Å². The van der Waals surface area contributed by atoms with E-state index in [9.17, 15) is 20.1 Å². The van der Waals surface area contributed by atoms with Crippen LogP contribution in [-0.2, 0) is 11.2 Å². The van der Waals surface area contributed by atoms with Crippen LogP contribution in [0.4, 0.5) is 0 Å². The van der Waals surface area contributed by atoms with Crippen LogP contribution in [0.15, 0.2) is 65.8 Å². The second-order valence-corrected chi connectivity index (χ2v) is 13.9. The molecule has 8 atom stereocenters. The monoisotopic (exact) mass is 561 g/mol. The van der Waals surface area contributed by atoms with Crippen molar-refractivity contribution in [1.29, 1.82) is 0 Å². The van der Waals surface area contributed by atoms with Crippen LogP contribution < -0.4 is 0 Å². The first-order chi connectivity index (χ1) is 19.6. The number of aliphatic hydroxyl groups is 3. The molecule has 4 fully saturated rings. The number of nitrogens with zero attached hydrogens (tertiary/aromatic N) is 1. The van der Waals surface area contributed by atoms with Gasteiger partial charge >= 0.3 is 0 Å². The van der Waals surface area contributed by atoms with Crippen molar-refractivity contribution in [3.8, 4) is 0 Å². The lowest BCUT2D eigenvalue weighted by Crippen LogP contribution is -2.42. The molecular formula is C36H51NO4. The summed E-state index contributed by atoms with van der Waals surface area (Å²) < 4.78 is 0. The van der Waals surface area contributed by atoms with Crippen LogP contribution in [0.3, 0.4) is 0 Å². The van der Waals surface area contributed by atoms with Crippen LogP contribution >= 0.6 is 0 Å². The molecule has 0 bridgehead atoms. The minimum Gasteiger partial charge on any atom is -0.393 e. The van der Waals surface area contributed by atoms with Crippen molar-refractivity contribution >= 4 is 5.91 Å². The molecule has 5 nitrogen and oxygen atoms in total. The number of hydrogen-bond acceptors (Lipinski definition) is 4. The largest absolute Gasteiger partial charge is 0.393 e. The van der Waals surface area contributed by atoms with Gasteiger partial charge in [-0.3, -0.25) is 4.79 Å². The summed E-state index contributed by atoms with van der Waals surface area (Å²) in [6.07, 6.45) is 12.8. The van der Waals surface area contributed by atoms with E-state index >= 15 is 0 Å². The van der Waals surface area contributed by atoms with Gasteiger partial charge in [0, 0.05) is 25.4 Å². The van der Waals surface area contributed by atoms with Crippen LogP contribution in [-0.4, -0.2) is 56.5 Å². The second-order valence-electron chi connectivity index (χ2n) is 13.9. The highest BCUT2D eigenvalue weighted by Gasteiger charge is 2.53. The van der Waals surface area contributed by atoms with E-state index in [0.29, 0.717) is 50.0 Å². The molecule has 1 saturated heterocycles.